The summed E-state index contributed by atoms with van der Waals surface area (Å²) in [6.07, 6.45) is 2.73. The van der Waals surface area contributed by atoms with Gasteiger partial charge < -0.3 is 5.73 Å². The fourth-order valence-corrected chi connectivity index (χ4v) is 4.07. The molecule has 5 aromatic rings. The van der Waals surface area contributed by atoms with Crippen LogP contribution in [0, 0.1) is 24.4 Å². The van der Waals surface area contributed by atoms with Gasteiger partial charge in [-0.3, -0.25) is 14.3 Å². The lowest BCUT2D eigenvalue weighted by Crippen LogP contribution is -2.02. The van der Waals surface area contributed by atoms with Gasteiger partial charge in [-0.15, -0.1) is 0 Å². The van der Waals surface area contributed by atoms with Crippen LogP contribution < -0.4 is 5.73 Å². The van der Waals surface area contributed by atoms with Gasteiger partial charge in [0.25, 0.3) is 0 Å². The first-order valence-electron chi connectivity index (χ1n) is 9.95. The van der Waals surface area contributed by atoms with Gasteiger partial charge in [0, 0.05) is 23.5 Å². The molecular weight excluding hydrogens is 431 g/mol. The summed E-state index contributed by atoms with van der Waals surface area (Å²) < 4.78 is 45.6. The van der Waals surface area contributed by atoms with E-state index in [2.05, 4.69) is 15.0 Å². The Morgan fingerprint density at radius 1 is 0.970 bits per heavy atom. The van der Waals surface area contributed by atoms with Crippen LogP contribution in [0.15, 0.2) is 48.8 Å². The molecular formula is C24H16F3N5O. The molecule has 3 aromatic heterocycles. The Morgan fingerprint density at radius 3 is 2.45 bits per heavy atom. The minimum absolute atomic E-state index is 0.0333. The van der Waals surface area contributed by atoms with Crippen molar-refractivity contribution < 1.29 is 18.0 Å². The molecule has 0 aliphatic rings. The summed E-state index contributed by atoms with van der Waals surface area (Å²) >= 11 is 0. The number of pyridine rings is 2. The fourth-order valence-electron chi connectivity index (χ4n) is 4.07. The van der Waals surface area contributed by atoms with Crippen LogP contribution in [-0.4, -0.2) is 25.3 Å². The summed E-state index contributed by atoms with van der Waals surface area (Å²) in [6.45, 7) is 3.05. The van der Waals surface area contributed by atoms with E-state index in [4.69, 9.17) is 5.73 Å². The fraction of sp³-hybridized carbons (Fsp3) is 0.0833. The number of carbonyl (C=O) groups excluding carboxylic acids is 1. The maximum atomic E-state index is 14.8. The minimum atomic E-state index is -0.725. The Kier molecular flexibility index (Phi) is 4.63. The van der Waals surface area contributed by atoms with Crippen molar-refractivity contribution >= 4 is 33.5 Å². The zero-order valence-electron chi connectivity index (χ0n) is 17.5. The molecule has 0 bridgehead atoms. The molecule has 2 aromatic carbocycles. The van der Waals surface area contributed by atoms with Crippen molar-refractivity contribution in [1.82, 2.24) is 19.5 Å². The zero-order chi connectivity index (χ0) is 23.4. The Morgan fingerprint density at radius 2 is 1.70 bits per heavy atom. The third kappa shape index (κ3) is 3.12. The summed E-state index contributed by atoms with van der Waals surface area (Å²) in [5, 5.41) is -0.0333. The van der Waals surface area contributed by atoms with Crippen molar-refractivity contribution in [2.45, 2.75) is 13.8 Å². The summed E-state index contributed by atoms with van der Waals surface area (Å²) in [5.74, 6) is -2.20. The molecule has 0 spiro atoms. The van der Waals surface area contributed by atoms with E-state index >= 15 is 0 Å². The van der Waals surface area contributed by atoms with E-state index in [0.717, 1.165) is 12.1 Å². The van der Waals surface area contributed by atoms with Crippen molar-refractivity contribution in [2.75, 3.05) is 5.73 Å². The minimum Gasteiger partial charge on any atom is -0.381 e. The van der Waals surface area contributed by atoms with E-state index < -0.39 is 17.5 Å². The zero-order valence-corrected chi connectivity index (χ0v) is 17.5. The van der Waals surface area contributed by atoms with Crippen molar-refractivity contribution in [1.29, 1.82) is 0 Å². The lowest BCUT2D eigenvalue weighted by molar-refractivity contribution is 0.101. The number of hydrogen-bond donors (Lipinski definition) is 1. The number of nitrogens with zero attached hydrogens (tertiary/aromatic N) is 4. The standard InChI is InChI=1S/C24H16F3N5O/c1-11(33)15-9-13(14-5-7-30-24(28)21(14)27)10-19-22(15)31-12(2)32(19)18-6-8-29-23-17(26)4-3-16(25)20(18)23/h3-10H,1-2H3,(H2,28,30). The highest BCUT2D eigenvalue weighted by atomic mass is 19.1. The SMILES string of the molecule is CC(=O)c1cc(-c2ccnc(N)c2F)cc2c1nc(C)n2-c1ccnc2c(F)ccc(F)c12. The van der Waals surface area contributed by atoms with Crippen LogP contribution in [0.2, 0.25) is 0 Å². The monoisotopic (exact) mass is 447 g/mol. The number of anilines is 1. The summed E-state index contributed by atoms with van der Waals surface area (Å²) in [5.41, 5.74) is 7.33. The Balaban J connectivity index is 1.92. The number of aromatic nitrogens is 4. The molecule has 3 heterocycles. The van der Waals surface area contributed by atoms with Gasteiger partial charge in [-0.05, 0) is 55.8 Å². The number of nitrogens with two attached hydrogens (primary N) is 1. The van der Waals surface area contributed by atoms with Crippen molar-refractivity contribution in [2.24, 2.45) is 0 Å². The predicted octanol–water partition coefficient (Wildman–Crippen LogP) is 5.15. The number of rotatable bonds is 3. The lowest BCUT2D eigenvalue weighted by Gasteiger charge is -2.13. The number of fused-ring (bicyclic) bond motifs is 2. The van der Waals surface area contributed by atoms with Crippen LogP contribution in [0.5, 0.6) is 0 Å². The number of aryl methyl sites for hydroxylation is 1. The normalized spacial score (nSPS) is 11.4. The van der Waals surface area contributed by atoms with Crippen molar-refractivity contribution in [3.63, 3.8) is 0 Å². The first-order chi connectivity index (χ1) is 15.8. The molecule has 0 amide bonds. The molecule has 2 N–H and O–H groups in total. The quantitative estimate of drug-likeness (QED) is 0.387. The third-order valence-corrected chi connectivity index (χ3v) is 5.55. The van der Waals surface area contributed by atoms with E-state index in [-0.39, 0.29) is 33.6 Å². The largest absolute Gasteiger partial charge is 0.381 e. The third-order valence-electron chi connectivity index (χ3n) is 5.55. The number of ketones is 1. The van der Waals surface area contributed by atoms with Crippen LogP contribution in [0.1, 0.15) is 23.1 Å². The van der Waals surface area contributed by atoms with E-state index in [9.17, 15) is 18.0 Å². The molecule has 33 heavy (non-hydrogen) atoms. The lowest BCUT2D eigenvalue weighted by atomic mass is 10.00. The summed E-state index contributed by atoms with van der Waals surface area (Å²) in [7, 11) is 0. The van der Waals surface area contributed by atoms with Gasteiger partial charge in [-0.2, -0.15) is 0 Å². The summed E-state index contributed by atoms with van der Waals surface area (Å²) in [4.78, 5) is 24.7. The molecule has 0 aliphatic carbocycles. The maximum Gasteiger partial charge on any atom is 0.173 e. The average molecular weight is 447 g/mol. The Hall–Kier alpha value is -4.27. The first-order valence-corrected chi connectivity index (χ1v) is 9.95. The van der Waals surface area contributed by atoms with Crippen LogP contribution in [0.3, 0.4) is 0 Å². The van der Waals surface area contributed by atoms with E-state index in [0.29, 0.717) is 28.1 Å². The second-order valence-corrected chi connectivity index (χ2v) is 7.58. The second kappa shape index (κ2) is 7.40. The van der Waals surface area contributed by atoms with Gasteiger partial charge in [-0.1, -0.05) is 0 Å². The average Bonchev–Trinajstić information content (AvgIpc) is 3.12. The number of hydrogen-bond acceptors (Lipinski definition) is 5. The predicted molar refractivity (Wildman–Crippen MR) is 119 cm³/mol. The van der Waals surface area contributed by atoms with Gasteiger partial charge >= 0.3 is 0 Å². The summed E-state index contributed by atoms with van der Waals surface area (Å²) in [6, 6.07) is 8.17. The van der Waals surface area contributed by atoms with Crippen LogP contribution in [-0.2, 0) is 0 Å². The molecule has 0 atom stereocenters. The molecule has 0 aliphatic heterocycles. The molecule has 0 radical (unpaired) electrons. The molecule has 164 valence electrons. The van der Waals surface area contributed by atoms with Crippen molar-refractivity contribution in [3.05, 3.63) is 77.6 Å². The molecule has 9 heteroatoms. The van der Waals surface area contributed by atoms with Gasteiger partial charge in [0.05, 0.1) is 22.1 Å². The smallest absolute Gasteiger partial charge is 0.173 e. The first kappa shape index (κ1) is 20.6. The number of imidazole rings is 1. The van der Waals surface area contributed by atoms with E-state index in [1.807, 2.05) is 0 Å². The van der Waals surface area contributed by atoms with Gasteiger partial charge in [-0.25, -0.2) is 23.1 Å². The van der Waals surface area contributed by atoms with Crippen LogP contribution >= 0.6 is 0 Å². The maximum absolute atomic E-state index is 14.8. The van der Waals surface area contributed by atoms with Gasteiger partial charge in [0.2, 0.25) is 0 Å². The highest BCUT2D eigenvalue weighted by Gasteiger charge is 2.21. The van der Waals surface area contributed by atoms with Crippen LogP contribution in [0.4, 0.5) is 19.0 Å². The molecule has 0 unspecified atom stereocenters. The number of benzene rings is 2. The molecule has 0 saturated heterocycles. The Labute approximate surface area is 185 Å². The number of nitrogen functional groups attached to an aromatic ring is 1. The molecule has 6 nitrogen and oxygen atoms in total. The van der Waals surface area contributed by atoms with Crippen LogP contribution in [0.25, 0.3) is 38.8 Å². The molecule has 5 rings (SSSR count). The Bertz CT molecular complexity index is 1610. The van der Waals surface area contributed by atoms with Gasteiger partial charge in [0.15, 0.2) is 17.4 Å². The topological polar surface area (TPSA) is 86.7 Å². The van der Waals surface area contributed by atoms with Gasteiger partial charge in [0.1, 0.15) is 23.0 Å². The molecule has 0 fully saturated rings. The highest BCUT2D eigenvalue weighted by molar-refractivity contribution is 6.07. The number of halogens is 3. The molecule has 0 saturated carbocycles. The number of carbonyl (C=O) groups is 1. The van der Waals surface area contributed by atoms with E-state index in [1.54, 1.807) is 17.6 Å². The second-order valence-electron chi connectivity index (χ2n) is 7.58. The van der Waals surface area contributed by atoms with E-state index in [1.165, 1.54) is 37.5 Å². The number of Topliss-reactive ketones (excluding diaryl/α,β-unsaturated/α-hetero) is 1. The van der Waals surface area contributed by atoms with Crippen molar-refractivity contribution in [3.8, 4) is 16.8 Å². The highest BCUT2D eigenvalue weighted by Crippen LogP contribution is 2.34.